The van der Waals surface area contributed by atoms with Crippen molar-refractivity contribution < 1.29 is 14.3 Å². The molecule has 1 aliphatic heterocycles. The highest BCUT2D eigenvalue weighted by Gasteiger charge is 2.28. The van der Waals surface area contributed by atoms with Crippen LogP contribution >= 0.6 is 0 Å². The van der Waals surface area contributed by atoms with Gasteiger partial charge in [-0.25, -0.2) is 0 Å². The number of anilines is 1. The number of benzene rings is 2. The van der Waals surface area contributed by atoms with Gasteiger partial charge in [0.25, 0.3) is 11.8 Å². The Morgan fingerprint density at radius 2 is 1.66 bits per heavy atom. The summed E-state index contributed by atoms with van der Waals surface area (Å²) in [6, 6.07) is 15.2. The summed E-state index contributed by atoms with van der Waals surface area (Å²) in [6.45, 7) is 11.7. The average molecular weight is 598 g/mol. The van der Waals surface area contributed by atoms with Crippen molar-refractivity contribution in [1.82, 2.24) is 20.5 Å². The molecule has 3 aromatic rings. The molecule has 0 bridgehead atoms. The van der Waals surface area contributed by atoms with E-state index < -0.39 is 0 Å². The Bertz CT molecular complexity index is 1420. The molecular formula is C36H47N5O3. The van der Waals surface area contributed by atoms with E-state index >= 15 is 0 Å². The highest BCUT2D eigenvalue weighted by molar-refractivity contribution is 6.00. The number of aryl methyl sites for hydroxylation is 3. The predicted molar refractivity (Wildman–Crippen MR) is 176 cm³/mol. The molecule has 2 heterocycles. The van der Waals surface area contributed by atoms with Crippen LogP contribution in [0.25, 0.3) is 0 Å². The second-order valence-electron chi connectivity index (χ2n) is 12.5. The lowest BCUT2D eigenvalue weighted by atomic mass is 9.98. The van der Waals surface area contributed by atoms with E-state index in [-0.39, 0.29) is 11.8 Å². The van der Waals surface area contributed by atoms with Crippen LogP contribution in [-0.2, 0) is 6.54 Å². The molecule has 2 N–H and O–H groups in total. The average Bonchev–Trinajstić information content (AvgIpc) is 3.84. The van der Waals surface area contributed by atoms with Gasteiger partial charge in [-0.15, -0.1) is 0 Å². The van der Waals surface area contributed by atoms with Gasteiger partial charge in [-0.1, -0.05) is 0 Å². The minimum atomic E-state index is -0.0860. The molecule has 234 valence electrons. The van der Waals surface area contributed by atoms with Crippen molar-refractivity contribution in [2.24, 2.45) is 0 Å². The molecule has 1 aromatic heterocycles. The fourth-order valence-corrected chi connectivity index (χ4v) is 6.31. The summed E-state index contributed by atoms with van der Waals surface area (Å²) < 4.78 is 5.41. The summed E-state index contributed by atoms with van der Waals surface area (Å²) in [5, 5.41) is 6.17. The number of piperidine rings is 1. The number of pyridine rings is 1. The third kappa shape index (κ3) is 7.78. The molecule has 1 aliphatic carbocycles. The number of carbonyl (C=O) groups is 2. The number of methoxy groups -OCH3 is 1. The van der Waals surface area contributed by atoms with Crippen molar-refractivity contribution in [2.45, 2.75) is 84.5 Å². The molecule has 0 spiro atoms. The van der Waals surface area contributed by atoms with Crippen molar-refractivity contribution in [3.8, 4) is 5.75 Å². The van der Waals surface area contributed by atoms with Crippen LogP contribution in [0.15, 0.2) is 54.9 Å². The van der Waals surface area contributed by atoms with Gasteiger partial charge in [-0.2, -0.15) is 0 Å². The molecule has 8 heteroatoms. The lowest BCUT2D eigenvalue weighted by molar-refractivity contribution is 0.0934. The summed E-state index contributed by atoms with van der Waals surface area (Å²) in [5.74, 6) is 0.740. The number of ether oxygens (including phenoxy) is 1. The van der Waals surface area contributed by atoms with E-state index in [0.29, 0.717) is 35.8 Å². The van der Waals surface area contributed by atoms with E-state index in [4.69, 9.17) is 4.74 Å². The highest BCUT2D eigenvalue weighted by atomic mass is 16.5. The van der Waals surface area contributed by atoms with Gasteiger partial charge in [0.1, 0.15) is 5.75 Å². The number of aromatic nitrogens is 1. The Kier molecular flexibility index (Phi) is 10.2. The first-order valence-electron chi connectivity index (χ1n) is 16.0. The summed E-state index contributed by atoms with van der Waals surface area (Å²) >= 11 is 0. The number of hydrogen-bond donors (Lipinski definition) is 2. The van der Waals surface area contributed by atoms with Crippen molar-refractivity contribution in [3.05, 3.63) is 88.2 Å². The summed E-state index contributed by atoms with van der Waals surface area (Å²) in [7, 11) is 1.70. The minimum Gasteiger partial charge on any atom is -0.497 e. The van der Waals surface area contributed by atoms with Crippen LogP contribution in [0, 0.1) is 20.8 Å². The Labute approximate surface area is 262 Å². The maximum Gasteiger partial charge on any atom is 0.252 e. The van der Waals surface area contributed by atoms with Crippen LogP contribution in [0.2, 0.25) is 0 Å². The van der Waals surface area contributed by atoms with Crippen molar-refractivity contribution in [2.75, 3.05) is 31.6 Å². The second kappa shape index (κ2) is 14.2. The van der Waals surface area contributed by atoms with Gasteiger partial charge in [0.05, 0.1) is 7.11 Å². The quantitative estimate of drug-likeness (QED) is 0.283. The molecular weight excluding hydrogens is 550 g/mol. The standard InChI is InChI=1S/C36H47N5O3/c1-24-12-16-37-22-29(24)23-41(31-8-10-33(44-5)11-9-31)32-14-18-40(19-15-32)27(4)13-17-38-35(42)28-20-25(2)34(26(3)21-28)36(43)39-30-6-7-30/h8-12,16,20-22,27,30,32H,6-7,13-15,17-19,23H2,1-5H3,(H,38,42)(H,39,43)/t27-/m1/s1. The Morgan fingerprint density at radius 3 is 2.27 bits per heavy atom. The smallest absolute Gasteiger partial charge is 0.252 e. The normalized spacial score (nSPS) is 16.3. The predicted octanol–water partition coefficient (Wildman–Crippen LogP) is 5.59. The van der Waals surface area contributed by atoms with Gasteiger partial charge in [-0.05, 0) is 125 Å². The van der Waals surface area contributed by atoms with E-state index in [2.05, 4.69) is 57.5 Å². The highest BCUT2D eigenvalue weighted by Crippen LogP contribution is 2.29. The van der Waals surface area contributed by atoms with Crippen LogP contribution < -0.4 is 20.3 Å². The number of carbonyl (C=O) groups excluding carboxylic acids is 2. The van der Waals surface area contributed by atoms with Gasteiger partial charge >= 0.3 is 0 Å². The largest absolute Gasteiger partial charge is 0.497 e. The molecule has 0 unspecified atom stereocenters. The summed E-state index contributed by atoms with van der Waals surface area (Å²) in [6.07, 6.45) is 8.97. The first kappa shape index (κ1) is 31.5. The van der Waals surface area contributed by atoms with E-state index in [1.165, 1.54) is 16.8 Å². The maximum atomic E-state index is 13.0. The van der Waals surface area contributed by atoms with Gasteiger partial charge in [0.2, 0.25) is 0 Å². The van der Waals surface area contributed by atoms with Gasteiger partial charge < -0.3 is 25.2 Å². The van der Waals surface area contributed by atoms with Crippen molar-refractivity contribution in [1.29, 1.82) is 0 Å². The van der Waals surface area contributed by atoms with Crippen molar-refractivity contribution in [3.63, 3.8) is 0 Å². The minimum absolute atomic E-state index is 0.0358. The first-order chi connectivity index (χ1) is 21.2. The molecule has 1 atom stereocenters. The molecule has 2 amide bonds. The number of hydrogen-bond acceptors (Lipinski definition) is 6. The lowest BCUT2D eigenvalue weighted by Gasteiger charge is -2.42. The number of amides is 2. The third-order valence-electron chi connectivity index (χ3n) is 9.24. The molecule has 2 fully saturated rings. The molecule has 44 heavy (non-hydrogen) atoms. The van der Waals surface area contributed by atoms with E-state index in [0.717, 1.165) is 68.6 Å². The zero-order chi connectivity index (χ0) is 31.2. The zero-order valence-corrected chi connectivity index (χ0v) is 26.9. The summed E-state index contributed by atoms with van der Waals surface area (Å²) in [5.41, 5.74) is 6.68. The maximum absolute atomic E-state index is 13.0. The Hall–Kier alpha value is -3.91. The van der Waals surface area contributed by atoms with Gasteiger partial charge in [0.15, 0.2) is 0 Å². The first-order valence-corrected chi connectivity index (χ1v) is 16.0. The van der Waals surface area contributed by atoms with Crippen LogP contribution in [0.5, 0.6) is 5.75 Å². The van der Waals surface area contributed by atoms with Gasteiger partial charge in [-0.3, -0.25) is 14.6 Å². The van der Waals surface area contributed by atoms with Crippen LogP contribution in [0.4, 0.5) is 5.69 Å². The Balaban J connectivity index is 1.14. The van der Waals surface area contributed by atoms with E-state index in [9.17, 15) is 9.59 Å². The van der Waals surface area contributed by atoms with Gasteiger partial charge in [0, 0.05) is 73.5 Å². The lowest BCUT2D eigenvalue weighted by Crippen LogP contribution is -2.48. The van der Waals surface area contributed by atoms with Crippen LogP contribution in [-0.4, -0.2) is 66.6 Å². The molecule has 1 saturated heterocycles. The monoisotopic (exact) mass is 597 g/mol. The number of rotatable bonds is 12. The Morgan fingerprint density at radius 1 is 0.977 bits per heavy atom. The van der Waals surface area contributed by atoms with Crippen LogP contribution in [0.1, 0.15) is 82.0 Å². The molecule has 5 rings (SSSR count). The number of nitrogens with one attached hydrogen (secondary N) is 2. The number of nitrogens with zero attached hydrogens (tertiary/aromatic N) is 3. The molecule has 8 nitrogen and oxygen atoms in total. The fraction of sp³-hybridized carbons (Fsp3) is 0.472. The third-order valence-corrected chi connectivity index (χ3v) is 9.24. The molecule has 2 aliphatic rings. The van der Waals surface area contributed by atoms with E-state index in [1.807, 2.05) is 50.5 Å². The second-order valence-corrected chi connectivity index (χ2v) is 12.5. The SMILES string of the molecule is COc1ccc(N(Cc2cnccc2C)C2CCN([C@H](C)CCNC(=O)c3cc(C)c(C(=O)NC4CC4)c(C)c3)CC2)cc1. The number of likely N-dealkylation sites (tertiary alicyclic amines) is 1. The topological polar surface area (TPSA) is 86.8 Å². The van der Waals surface area contributed by atoms with Crippen molar-refractivity contribution >= 4 is 17.5 Å². The molecule has 2 aromatic carbocycles. The molecule has 0 radical (unpaired) electrons. The fourth-order valence-electron chi connectivity index (χ4n) is 6.31. The van der Waals surface area contributed by atoms with E-state index in [1.54, 1.807) is 7.11 Å². The summed E-state index contributed by atoms with van der Waals surface area (Å²) in [4.78, 5) is 35.1. The zero-order valence-electron chi connectivity index (χ0n) is 26.9. The molecule has 1 saturated carbocycles. The van der Waals surface area contributed by atoms with Crippen LogP contribution in [0.3, 0.4) is 0 Å².